The third-order valence-electron chi connectivity index (χ3n) is 0.846. The molecule has 0 aromatic carbocycles. The molecule has 1 fully saturated rings. The summed E-state index contributed by atoms with van der Waals surface area (Å²) in [6.07, 6.45) is 0. The van der Waals surface area contributed by atoms with Crippen molar-refractivity contribution in [3.8, 4) is 0 Å². The summed E-state index contributed by atoms with van der Waals surface area (Å²) in [5.74, 6) is 0. The Morgan fingerprint density at radius 2 is 1.58 bits per heavy atom. The Hall–Kier alpha value is 0.666. The molecular formula is C4H11MgNO5P+. The summed E-state index contributed by atoms with van der Waals surface area (Å²) in [7, 11) is -3.37. The van der Waals surface area contributed by atoms with E-state index < -0.39 is 8.25 Å². The van der Waals surface area contributed by atoms with Crippen LogP contribution in [0, 0.1) is 0 Å². The molecule has 12 heavy (non-hydrogen) atoms. The quantitative estimate of drug-likeness (QED) is 0.332. The number of hydrogen-bond donors (Lipinski definition) is 1. The SMILES string of the molecule is C1COCCN1.O.O=[P+]([O-])[O-].[Mg+2]. The van der Waals surface area contributed by atoms with Crippen molar-refractivity contribution < 1.29 is 24.6 Å². The van der Waals surface area contributed by atoms with Crippen LogP contribution in [0.3, 0.4) is 0 Å². The van der Waals surface area contributed by atoms with E-state index in [0.717, 1.165) is 26.3 Å². The molecule has 1 aliphatic heterocycles. The van der Waals surface area contributed by atoms with Crippen LogP contribution in [-0.2, 0) is 9.30 Å². The molecule has 0 bridgehead atoms. The van der Waals surface area contributed by atoms with E-state index in [1.807, 2.05) is 0 Å². The van der Waals surface area contributed by atoms with E-state index in [1.54, 1.807) is 0 Å². The van der Waals surface area contributed by atoms with Crippen molar-refractivity contribution in [3.05, 3.63) is 0 Å². The van der Waals surface area contributed by atoms with Gasteiger partial charge in [0, 0.05) is 13.1 Å². The van der Waals surface area contributed by atoms with Crippen LogP contribution in [0.4, 0.5) is 0 Å². The average Bonchev–Trinajstić information content (AvgIpc) is 1.90. The van der Waals surface area contributed by atoms with E-state index in [0.29, 0.717) is 0 Å². The van der Waals surface area contributed by atoms with Gasteiger partial charge in [0.25, 0.3) is 8.25 Å². The van der Waals surface area contributed by atoms with Crippen LogP contribution in [0.2, 0.25) is 0 Å². The van der Waals surface area contributed by atoms with Crippen LogP contribution in [-0.4, -0.2) is 54.8 Å². The second-order valence-electron chi connectivity index (χ2n) is 1.59. The summed E-state index contributed by atoms with van der Waals surface area (Å²) < 4.78 is 13.5. The molecule has 0 radical (unpaired) electrons. The van der Waals surface area contributed by atoms with Crippen LogP contribution < -0.4 is 15.1 Å². The zero-order valence-electron chi connectivity index (χ0n) is 6.62. The normalized spacial score (nSPS) is 14.2. The van der Waals surface area contributed by atoms with Crippen LogP contribution in [0.5, 0.6) is 0 Å². The molecular weight excluding hydrogens is 197 g/mol. The number of nitrogens with one attached hydrogen (secondary N) is 1. The van der Waals surface area contributed by atoms with Gasteiger partial charge in [-0.2, -0.15) is 0 Å². The molecule has 0 atom stereocenters. The van der Waals surface area contributed by atoms with Crippen LogP contribution in [0.1, 0.15) is 0 Å². The molecule has 8 heteroatoms. The first-order chi connectivity index (χ1) is 4.73. The summed E-state index contributed by atoms with van der Waals surface area (Å²) in [5, 5.41) is 3.16. The summed E-state index contributed by atoms with van der Waals surface area (Å²) in [6.45, 7) is 3.83. The fourth-order valence-corrected chi connectivity index (χ4v) is 0.516. The first kappa shape index (κ1) is 18.4. The zero-order valence-corrected chi connectivity index (χ0v) is 8.92. The van der Waals surface area contributed by atoms with Gasteiger partial charge in [-0.15, -0.1) is 0 Å². The van der Waals surface area contributed by atoms with Crippen molar-refractivity contribution in [2.24, 2.45) is 0 Å². The van der Waals surface area contributed by atoms with E-state index in [1.165, 1.54) is 0 Å². The minimum Gasteiger partial charge on any atom is -0.598 e. The Morgan fingerprint density at radius 1 is 1.25 bits per heavy atom. The Labute approximate surface area is 87.7 Å². The monoisotopic (exact) mass is 208 g/mol. The minimum absolute atomic E-state index is 0. The van der Waals surface area contributed by atoms with Gasteiger partial charge in [0.05, 0.1) is 13.2 Å². The van der Waals surface area contributed by atoms with E-state index in [4.69, 9.17) is 19.1 Å². The molecule has 0 unspecified atom stereocenters. The zero-order chi connectivity index (χ0) is 7.82. The van der Waals surface area contributed by atoms with Gasteiger partial charge in [-0.3, -0.25) is 0 Å². The summed E-state index contributed by atoms with van der Waals surface area (Å²) in [4.78, 5) is 17.0. The Kier molecular flexibility index (Phi) is 21.8. The molecule has 0 saturated carbocycles. The van der Waals surface area contributed by atoms with Gasteiger partial charge in [0.15, 0.2) is 0 Å². The van der Waals surface area contributed by atoms with Crippen molar-refractivity contribution in [2.45, 2.75) is 0 Å². The third-order valence-corrected chi connectivity index (χ3v) is 0.846. The van der Waals surface area contributed by atoms with Crippen LogP contribution in [0.15, 0.2) is 0 Å². The first-order valence-corrected chi connectivity index (χ1v) is 3.93. The van der Waals surface area contributed by atoms with Gasteiger partial charge in [-0.05, 0) is 0 Å². The van der Waals surface area contributed by atoms with E-state index >= 15 is 0 Å². The second kappa shape index (κ2) is 14.2. The van der Waals surface area contributed by atoms with Crippen molar-refractivity contribution in [2.75, 3.05) is 26.3 Å². The molecule has 0 aliphatic carbocycles. The largest absolute Gasteiger partial charge is 2.00 e. The third kappa shape index (κ3) is 22.4. The first-order valence-electron chi connectivity index (χ1n) is 2.83. The molecule has 1 heterocycles. The van der Waals surface area contributed by atoms with E-state index in [-0.39, 0.29) is 28.5 Å². The standard InChI is InChI=1S/C4H9NO.Mg.HO3P.H2O/c1-3-6-4-2-5-1;;1-4(2)3;/h5H,1-4H2;;(H,1,2,3);1H2/q;+2;;/p-1. The molecule has 1 rings (SSSR count). The Balaban J connectivity index is -0.000000124. The molecule has 0 aromatic rings. The predicted octanol–water partition coefficient (Wildman–Crippen LogP) is -3.23. The van der Waals surface area contributed by atoms with Gasteiger partial charge in [0.2, 0.25) is 0 Å². The molecule has 68 valence electrons. The number of ether oxygens (including phenoxy) is 1. The summed E-state index contributed by atoms with van der Waals surface area (Å²) in [6, 6.07) is 0. The van der Waals surface area contributed by atoms with Gasteiger partial charge in [-0.1, -0.05) is 4.57 Å². The average molecular weight is 208 g/mol. The molecule has 0 aromatic heterocycles. The molecule has 0 amide bonds. The minimum atomic E-state index is -3.37. The van der Waals surface area contributed by atoms with Crippen molar-refractivity contribution in [1.29, 1.82) is 0 Å². The fraction of sp³-hybridized carbons (Fsp3) is 1.00. The van der Waals surface area contributed by atoms with E-state index in [9.17, 15) is 0 Å². The van der Waals surface area contributed by atoms with Gasteiger partial charge >= 0.3 is 23.1 Å². The molecule has 1 aliphatic rings. The van der Waals surface area contributed by atoms with Gasteiger partial charge < -0.3 is 25.3 Å². The number of hydrogen-bond acceptors (Lipinski definition) is 5. The maximum atomic E-state index is 8.48. The van der Waals surface area contributed by atoms with Crippen molar-refractivity contribution >= 4 is 31.3 Å². The van der Waals surface area contributed by atoms with Crippen LogP contribution in [0.25, 0.3) is 0 Å². The maximum absolute atomic E-state index is 8.48. The predicted molar refractivity (Wildman–Crippen MR) is 40.7 cm³/mol. The summed E-state index contributed by atoms with van der Waals surface area (Å²) >= 11 is 0. The number of rotatable bonds is 0. The van der Waals surface area contributed by atoms with Gasteiger partial charge in [0.1, 0.15) is 0 Å². The molecule has 3 N–H and O–H groups in total. The van der Waals surface area contributed by atoms with E-state index in [2.05, 4.69) is 5.32 Å². The molecule has 1 saturated heterocycles. The summed E-state index contributed by atoms with van der Waals surface area (Å²) in [5.41, 5.74) is 0. The van der Waals surface area contributed by atoms with Crippen molar-refractivity contribution in [3.63, 3.8) is 0 Å². The maximum Gasteiger partial charge on any atom is 2.00 e. The van der Waals surface area contributed by atoms with Gasteiger partial charge in [-0.25, -0.2) is 0 Å². The van der Waals surface area contributed by atoms with Crippen LogP contribution >= 0.6 is 8.25 Å². The number of morpholine rings is 1. The molecule has 0 spiro atoms. The second-order valence-corrected chi connectivity index (χ2v) is 2.03. The molecule has 6 nitrogen and oxygen atoms in total. The smallest absolute Gasteiger partial charge is 0.598 e. The Bertz CT molecular complexity index is 85.9. The fourth-order valence-electron chi connectivity index (χ4n) is 0.516. The topological polar surface area (TPSA) is 116 Å². The Morgan fingerprint density at radius 3 is 1.67 bits per heavy atom. The van der Waals surface area contributed by atoms with Crippen molar-refractivity contribution in [1.82, 2.24) is 5.32 Å².